The normalized spacial score (nSPS) is 19.5. The van der Waals surface area contributed by atoms with Gasteiger partial charge in [0.15, 0.2) is 11.5 Å². The zero-order valence-corrected chi connectivity index (χ0v) is 15.6. The average Bonchev–Trinajstić information content (AvgIpc) is 3.40. The molecular formula is C20H28N2O4. The molecule has 0 spiro atoms. The van der Waals surface area contributed by atoms with E-state index in [1.807, 2.05) is 24.0 Å². The molecular weight excluding hydrogens is 332 g/mol. The highest BCUT2D eigenvalue weighted by atomic mass is 16.5. The topological polar surface area (TPSA) is 67.9 Å². The molecule has 3 rings (SSSR count). The summed E-state index contributed by atoms with van der Waals surface area (Å²) in [7, 11) is 0. The molecule has 1 N–H and O–H groups in total. The van der Waals surface area contributed by atoms with E-state index < -0.39 is 0 Å². The Morgan fingerprint density at radius 2 is 1.85 bits per heavy atom. The second-order valence-electron chi connectivity index (χ2n) is 7.03. The summed E-state index contributed by atoms with van der Waals surface area (Å²) in [6.07, 6.45) is 4.25. The summed E-state index contributed by atoms with van der Waals surface area (Å²) < 4.78 is 11.5. The van der Waals surface area contributed by atoms with Crippen LogP contribution in [-0.2, 0) is 9.59 Å². The number of nitrogens with zero attached hydrogens (tertiary/aromatic N) is 1. The van der Waals surface area contributed by atoms with E-state index in [1.165, 1.54) is 0 Å². The van der Waals surface area contributed by atoms with Gasteiger partial charge in [-0.25, -0.2) is 0 Å². The van der Waals surface area contributed by atoms with Crippen molar-refractivity contribution < 1.29 is 19.1 Å². The maximum Gasteiger partial charge on any atom is 0.229 e. The number of carbonyl (C=O) groups is 2. The van der Waals surface area contributed by atoms with Gasteiger partial charge in [0.2, 0.25) is 11.8 Å². The predicted octanol–water partition coefficient (Wildman–Crippen LogP) is 3.21. The van der Waals surface area contributed by atoms with Crippen molar-refractivity contribution in [2.75, 3.05) is 25.1 Å². The van der Waals surface area contributed by atoms with Crippen molar-refractivity contribution in [3.05, 3.63) is 18.2 Å². The molecule has 1 atom stereocenters. The zero-order chi connectivity index (χ0) is 18.5. The molecule has 1 aromatic carbocycles. The highest BCUT2D eigenvalue weighted by Gasteiger charge is 2.41. The van der Waals surface area contributed by atoms with E-state index in [0.29, 0.717) is 49.4 Å². The minimum Gasteiger partial charge on any atom is -0.490 e. The number of nitrogens with one attached hydrogen (secondary N) is 1. The van der Waals surface area contributed by atoms with Crippen LogP contribution in [0.1, 0.15) is 46.0 Å². The van der Waals surface area contributed by atoms with Gasteiger partial charge in [-0.3, -0.25) is 9.59 Å². The first kappa shape index (κ1) is 18.5. The molecule has 1 unspecified atom stereocenters. The lowest BCUT2D eigenvalue weighted by Gasteiger charge is -2.16. The molecule has 6 nitrogen and oxygen atoms in total. The second kappa shape index (κ2) is 8.43. The molecule has 1 aromatic rings. The third-order valence-electron chi connectivity index (χ3n) is 4.65. The van der Waals surface area contributed by atoms with E-state index in [2.05, 4.69) is 12.2 Å². The number of carbonyl (C=O) groups excluding carboxylic acids is 2. The van der Waals surface area contributed by atoms with Gasteiger partial charge in [-0.1, -0.05) is 13.8 Å². The largest absolute Gasteiger partial charge is 0.490 e. The van der Waals surface area contributed by atoms with Crippen LogP contribution in [-0.4, -0.2) is 42.5 Å². The van der Waals surface area contributed by atoms with Gasteiger partial charge in [0.05, 0.1) is 19.1 Å². The van der Waals surface area contributed by atoms with Crippen LogP contribution < -0.4 is 14.8 Å². The first-order chi connectivity index (χ1) is 12.6. The van der Waals surface area contributed by atoms with Crippen LogP contribution >= 0.6 is 0 Å². The van der Waals surface area contributed by atoms with Crippen molar-refractivity contribution >= 4 is 17.5 Å². The van der Waals surface area contributed by atoms with Crippen LogP contribution in [0.25, 0.3) is 0 Å². The molecule has 6 heteroatoms. The monoisotopic (exact) mass is 360 g/mol. The van der Waals surface area contributed by atoms with Gasteiger partial charge >= 0.3 is 0 Å². The Kier molecular flexibility index (Phi) is 6.01. The maximum absolute atomic E-state index is 12.6. The van der Waals surface area contributed by atoms with Crippen LogP contribution in [0.15, 0.2) is 18.2 Å². The molecule has 142 valence electrons. The third-order valence-corrected chi connectivity index (χ3v) is 4.65. The predicted molar refractivity (Wildman–Crippen MR) is 99.5 cm³/mol. The number of rotatable bonds is 9. The number of amides is 2. The van der Waals surface area contributed by atoms with Crippen molar-refractivity contribution in [2.24, 2.45) is 5.92 Å². The molecule has 26 heavy (non-hydrogen) atoms. The van der Waals surface area contributed by atoms with Crippen molar-refractivity contribution in [3.63, 3.8) is 0 Å². The fourth-order valence-electron chi connectivity index (χ4n) is 3.13. The summed E-state index contributed by atoms with van der Waals surface area (Å²) >= 11 is 0. The molecule has 1 heterocycles. The lowest BCUT2D eigenvalue weighted by Crippen LogP contribution is -2.29. The number of hydrogen-bond acceptors (Lipinski definition) is 4. The first-order valence-electron chi connectivity index (χ1n) is 9.62. The molecule has 0 bridgehead atoms. The van der Waals surface area contributed by atoms with Gasteiger partial charge in [0.25, 0.3) is 0 Å². The third kappa shape index (κ3) is 4.48. The Morgan fingerprint density at radius 3 is 2.50 bits per heavy atom. The Morgan fingerprint density at radius 1 is 1.15 bits per heavy atom. The second-order valence-corrected chi connectivity index (χ2v) is 7.03. The molecule has 2 fully saturated rings. The van der Waals surface area contributed by atoms with E-state index in [0.717, 1.165) is 25.7 Å². The standard InChI is InChI=1S/C20H28N2O4/c1-3-9-25-17-8-5-15(12-18(17)26-10-4-2)21-20(24)14-11-19(23)22(13-14)16-6-7-16/h5,8,12,14,16H,3-4,6-7,9-11,13H2,1-2H3,(H,21,24). The SMILES string of the molecule is CCCOc1ccc(NC(=O)C2CC(=O)N(C3CC3)C2)cc1OCCC. The Labute approximate surface area is 154 Å². The molecule has 1 saturated carbocycles. The molecule has 1 aliphatic heterocycles. The van der Waals surface area contributed by atoms with Gasteiger partial charge in [-0.2, -0.15) is 0 Å². The highest BCUT2D eigenvalue weighted by molar-refractivity contribution is 5.97. The number of benzene rings is 1. The fraction of sp³-hybridized carbons (Fsp3) is 0.600. The van der Waals surface area contributed by atoms with Crippen LogP contribution in [0.4, 0.5) is 5.69 Å². The van der Waals surface area contributed by atoms with Crippen molar-refractivity contribution in [2.45, 2.75) is 52.0 Å². The smallest absolute Gasteiger partial charge is 0.229 e. The Bertz CT molecular complexity index is 657. The van der Waals surface area contributed by atoms with Gasteiger partial charge in [0, 0.05) is 30.8 Å². The number of likely N-dealkylation sites (tertiary alicyclic amines) is 1. The molecule has 0 aromatic heterocycles. The van der Waals surface area contributed by atoms with Crippen LogP contribution in [0.5, 0.6) is 11.5 Å². The summed E-state index contributed by atoms with van der Waals surface area (Å²) in [6, 6.07) is 5.81. The lowest BCUT2D eigenvalue weighted by molar-refractivity contribution is -0.128. The Balaban J connectivity index is 1.64. The molecule has 1 saturated heterocycles. The minimum absolute atomic E-state index is 0.0999. The van der Waals surface area contributed by atoms with Crippen molar-refractivity contribution in [1.29, 1.82) is 0 Å². The van der Waals surface area contributed by atoms with Gasteiger partial charge < -0.3 is 19.7 Å². The van der Waals surface area contributed by atoms with E-state index >= 15 is 0 Å². The lowest BCUT2D eigenvalue weighted by atomic mass is 10.1. The summed E-state index contributed by atoms with van der Waals surface area (Å²) in [5.74, 6) is 1.04. The van der Waals surface area contributed by atoms with E-state index in [1.54, 1.807) is 6.07 Å². The van der Waals surface area contributed by atoms with E-state index in [9.17, 15) is 9.59 Å². The molecule has 2 amide bonds. The number of hydrogen-bond donors (Lipinski definition) is 1. The van der Waals surface area contributed by atoms with Crippen LogP contribution in [0, 0.1) is 5.92 Å². The van der Waals surface area contributed by atoms with E-state index in [4.69, 9.17) is 9.47 Å². The average molecular weight is 360 g/mol. The fourth-order valence-corrected chi connectivity index (χ4v) is 3.13. The van der Waals surface area contributed by atoms with Crippen LogP contribution in [0.3, 0.4) is 0 Å². The summed E-state index contributed by atoms with van der Waals surface area (Å²) in [4.78, 5) is 26.5. The zero-order valence-electron chi connectivity index (χ0n) is 15.6. The van der Waals surface area contributed by atoms with E-state index in [-0.39, 0.29) is 17.7 Å². The van der Waals surface area contributed by atoms with Gasteiger partial charge in [0.1, 0.15) is 0 Å². The molecule has 1 aliphatic carbocycles. The number of ether oxygens (including phenoxy) is 2. The number of anilines is 1. The Hall–Kier alpha value is -2.24. The van der Waals surface area contributed by atoms with Crippen molar-refractivity contribution in [1.82, 2.24) is 4.90 Å². The summed E-state index contributed by atoms with van der Waals surface area (Å²) in [5, 5.41) is 2.93. The van der Waals surface area contributed by atoms with Crippen molar-refractivity contribution in [3.8, 4) is 11.5 Å². The van der Waals surface area contributed by atoms with Crippen LogP contribution in [0.2, 0.25) is 0 Å². The summed E-state index contributed by atoms with van der Waals surface area (Å²) in [6.45, 7) is 5.84. The summed E-state index contributed by atoms with van der Waals surface area (Å²) in [5.41, 5.74) is 0.669. The quantitative estimate of drug-likeness (QED) is 0.734. The molecule has 2 aliphatic rings. The van der Waals surface area contributed by atoms with Gasteiger partial charge in [-0.05, 0) is 37.8 Å². The maximum atomic E-state index is 12.6. The first-order valence-corrected chi connectivity index (χ1v) is 9.62. The van der Waals surface area contributed by atoms with Gasteiger partial charge in [-0.15, -0.1) is 0 Å². The minimum atomic E-state index is -0.279. The highest BCUT2D eigenvalue weighted by Crippen LogP contribution is 2.34. The molecule has 0 radical (unpaired) electrons.